The highest BCUT2D eigenvalue weighted by molar-refractivity contribution is 14.0. The summed E-state index contributed by atoms with van der Waals surface area (Å²) in [6.07, 6.45) is -1.01. The molecule has 2 aliphatic heterocycles. The molecule has 0 bridgehead atoms. The van der Waals surface area contributed by atoms with Gasteiger partial charge >= 0.3 is 6.18 Å². The predicted molar refractivity (Wildman–Crippen MR) is 104 cm³/mol. The average Bonchev–Trinajstić information content (AvgIpc) is 2.95. The summed E-state index contributed by atoms with van der Waals surface area (Å²) in [6, 6.07) is 0. The van der Waals surface area contributed by atoms with E-state index in [0.29, 0.717) is 25.7 Å². The molecule has 0 saturated carbocycles. The van der Waals surface area contributed by atoms with Gasteiger partial charge in [-0.05, 0) is 38.6 Å². The Morgan fingerprint density at radius 3 is 2.44 bits per heavy atom. The van der Waals surface area contributed by atoms with Crippen LogP contribution in [0.4, 0.5) is 13.2 Å². The zero-order valence-corrected chi connectivity index (χ0v) is 17.3. The second-order valence-corrected chi connectivity index (χ2v) is 6.57. The average molecular weight is 478 g/mol. The topological polar surface area (TPSA) is 40.1 Å². The molecule has 25 heavy (non-hydrogen) atoms. The van der Waals surface area contributed by atoms with Gasteiger partial charge in [-0.1, -0.05) is 0 Å². The summed E-state index contributed by atoms with van der Waals surface area (Å²) in [5.74, 6) is 1.09. The van der Waals surface area contributed by atoms with Gasteiger partial charge in [0.25, 0.3) is 0 Å². The molecule has 0 aromatic rings. The lowest BCUT2D eigenvalue weighted by molar-refractivity contribution is -0.143. The Labute approximate surface area is 165 Å². The van der Waals surface area contributed by atoms with E-state index in [2.05, 4.69) is 15.2 Å². The van der Waals surface area contributed by atoms with Gasteiger partial charge in [0.15, 0.2) is 5.96 Å². The lowest BCUT2D eigenvalue weighted by Crippen LogP contribution is -2.48. The summed E-state index contributed by atoms with van der Waals surface area (Å²) in [7, 11) is 1.75. The number of nitrogens with zero attached hydrogens (tertiary/aromatic N) is 3. The molecule has 2 fully saturated rings. The van der Waals surface area contributed by atoms with Crippen molar-refractivity contribution in [3.05, 3.63) is 0 Å². The summed E-state index contributed by atoms with van der Waals surface area (Å²) >= 11 is 0. The van der Waals surface area contributed by atoms with Crippen molar-refractivity contribution in [2.75, 3.05) is 52.9 Å². The molecule has 0 aromatic carbocycles. The minimum Gasteiger partial charge on any atom is -0.378 e. The molecule has 5 nitrogen and oxygen atoms in total. The largest absolute Gasteiger partial charge is 0.401 e. The maximum absolute atomic E-state index is 12.4. The van der Waals surface area contributed by atoms with Crippen LogP contribution in [0, 0.1) is 5.92 Å². The molecule has 9 heteroatoms. The lowest BCUT2D eigenvalue weighted by atomic mass is 10.1. The van der Waals surface area contributed by atoms with E-state index in [1.807, 2.05) is 6.92 Å². The predicted octanol–water partition coefficient (Wildman–Crippen LogP) is 2.56. The third-order valence-electron chi connectivity index (χ3n) is 4.68. The molecule has 0 radical (unpaired) electrons. The van der Waals surface area contributed by atoms with E-state index in [0.717, 1.165) is 44.9 Å². The fourth-order valence-corrected chi connectivity index (χ4v) is 3.51. The van der Waals surface area contributed by atoms with E-state index in [9.17, 15) is 13.2 Å². The Kier molecular flexibility index (Phi) is 9.79. The number of guanidine groups is 1. The minimum absolute atomic E-state index is 0. The van der Waals surface area contributed by atoms with Crippen molar-refractivity contribution >= 4 is 29.9 Å². The van der Waals surface area contributed by atoms with E-state index in [1.54, 1.807) is 7.05 Å². The molecule has 0 aromatic heterocycles. The van der Waals surface area contributed by atoms with Crippen molar-refractivity contribution in [3.63, 3.8) is 0 Å². The van der Waals surface area contributed by atoms with Crippen LogP contribution in [-0.4, -0.2) is 81.0 Å². The number of piperidine rings is 1. The highest BCUT2D eigenvalue weighted by atomic mass is 127. The van der Waals surface area contributed by atoms with Gasteiger partial charge in [-0.15, -0.1) is 24.0 Å². The molecule has 2 rings (SSSR count). The standard InChI is InChI=1S/C16H29F3N4O.HI/c1-3-24-14-5-8-23(9-6-14)15(20-2)21-10-13-4-7-22(11-13)12-16(17,18)19;/h13-14H,3-12H2,1-2H3,(H,20,21);1H. The van der Waals surface area contributed by atoms with Crippen LogP contribution in [0.15, 0.2) is 4.99 Å². The first kappa shape index (κ1) is 22.8. The van der Waals surface area contributed by atoms with Gasteiger partial charge in [-0.2, -0.15) is 13.2 Å². The number of nitrogens with one attached hydrogen (secondary N) is 1. The molecule has 2 heterocycles. The number of likely N-dealkylation sites (tertiary alicyclic amines) is 2. The number of hydrogen-bond donors (Lipinski definition) is 1. The van der Waals surface area contributed by atoms with Crippen LogP contribution in [0.5, 0.6) is 0 Å². The quantitative estimate of drug-likeness (QED) is 0.375. The van der Waals surface area contributed by atoms with Gasteiger partial charge < -0.3 is 15.0 Å². The van der Waals surface area contributed by atoms with Gasteiger partial charge in [0, 0.05) is 39.8 Å². The molecule has 1 atom stereocenters. The Morgan fingerprint density at radius 2 is 1.88 bits per heavy atom. The molecule has 1 N–H and O–H groups in total. The van der Waals surface area contributed by atoms with Crippen molar-refractivity contribution in [2.24, 2.45) is 10.9 Å². The summed E-state index contributed by atoms with van der Waals surface area (Å²) in [4.78, 5) is 8.01. The van der Waals surface area contributed by atoms with Crippen molar-refractivity contribution in [1.82, 2.24) is 15.1 Å². The van der Waals surface area contributed by atoms with Gasteiger partial charge in [-0.3, -0.25) is 9.89 Å². The molecule has 0 aliphatic carbocycles. The zero-order valence-electron chi connectivity index (χ0n) is 15.0. The molecule has 148 valence electrons. The smallest absolute Gasteiger partial charge is 0.378 e. The SMILES string of the molecule is CCOC1CCN(C(=NC)NCC2CCN(CC(F)(F)F)C2)CC1.I. The second-order valence-electron chi connectivity index (χ2n) is 6.57. The fourth-order valence-electron chi connectivity index (χ4n) is 3.51. The van der Waals surface area contributed by atoms with Crippen molar-refractivity contribution in [3.8, 4) is 0 Å². The van der Waals surface area contributed by atoms with Crippen molar-refractivity contribution < 1.29 is 17.9 Å². The third-order valence-corrected chi connectivity index (χ3v) is 4.68. The van der Waals surface area contributed by atoms with Crippen LogP contribution < -0.4 is 5.32 Å². The monoisotopic (exact) mass is 478 g/mol. The van der Waals surface area contributed by atoms with Crippen LogP contribution in [0.2, 0.25) is 0 Å². The molecule has 0 amide bonds. The Balaban J connectivity index is 0.00000312. The van der Waals surface area contributed by atoms with E-state index in [1.165, 1.54) is 4.90 Å². The van der Waals surface area contributed by atoms with Crippen LogP contribution >= 0.6 is 24.0 Å². The summed E-state index contributed by atoms with van der Waals surface area (Å²) in [5, 5.41) is 3.34. The normalized spacial score (nSPS) is 23.6. The first-order valence-electron chi connectivity index (χ1n) is 8.77. The highest BCUT2D eigenvalue weighted by Crippen LogP contribution is 2.22. The van der Waals surface area contributed by atoms with Gasteiger partial charge in [0.2, 0.25) is 0 Å². The van der Waals surface area contributed by atoms with E-state index >= 15 is 0 Å². The maximum atomic E-state index is 12.4. The Bertz CT molecular complexity index is 415. The van der Waals surface area contributed by atoms with Crippen LogP contribution in [-0.2, 0) is 4.74 Å². The number of hydrogen-bond acceptors (Lipinski definition) is 3. The van der Waals surface area contributed by atoms with Crippen LogP contribution in [0.25, 0.3) is 0 Å². The summed E-state index contributed by atoms with van der Waals surface area (Å²) in [6.45, 7) is 5.43. The number of alkyl halides is 3. The minimum atomic E-state index is -4.11. The van der Waals surface area contributed by atoms with Crippen molar-refractivity contribution in [1.29, 1.82) is 0 Å². The molecular weight excluding hydrogens is 448 g/mol. The van der Waals surface area contributed by atoms with E-state index in [4.69, 9.17) is 4.74 Å². The van der Waals surface area contributed by atoms with Gasteiger partial charge in [-0.25, -0.2) is 0 Å². The maximum Gasteiger partial charge on any atom is 0.401 e. The number of aliphatic imine (C=N–C) groups is 1. The summed E-state index contributed by atoms with van der Waals surface area (Å²) in [5.41, 5.74) is 0. The first-order chi connectivity index (χ1) is 11.4. The fraction of sp³-hybridized carbons (Fsp3) is 0.938. The summed E-state index contributed by atoms with van der Waals surface area (Å²) < 4.78 is 43.0. The molecule has 2 saturated heterocycles. The number of ether oxygens (including phenoxy) is 1. The number of rotatable bonds is 5. The lowest BCUT2D eigenvalue weighted by Gasteiger charge is -2.34. The van der Waals surface area contributed by atoms with Gasteiger partial charge in [0.1, 0.15) is 0 Å². The first-order valence-corrected chi connectivity index (χ1v) is 8.77. The Hall–Kier alpha value is -0.290. The van der Waals surface area contributed by atoms with E-state index < -0.39 is 12.7 Å². The zero-order chi connectivity index (χ0) is 17.6. The van der Waals surface area contributed by atoms with Crippen LogP contribution in [0.3, 0.4) is 0 Å². The number of halogens is 4. The van der Waals surface area contributed by atoms with Crippen LogP contribution in [0.1, 0.15) is 26.2 Å². The molecule has 2 aliphatic rings. The van der Waals surface area contributed by atoms with E-state index in [-0.39, 0.29) is 29.9 Å². The second kappa shape index (κ2) is 10.8. The molecule has 1 unspecified atom stereocenters. The third kappa shape index (κ3) is 7.86. The highest BCUT2D eigenvalue weighted by Gasteiger charge is 2.34. The molecule has 0 spiro atoms. The van der Waals surface area contributed by atoms with Gasteiger partial charge in [0.05, 0.1) is 12.6 Å². The molecular formula is C16H30F3IN4O. The van der Waals surface area contributed by atoms with Crippen molar-refractivity contribution in [2.45, 2.75) is 38.5 Å². The Morgan fingerprint density at radius 1 is 1.20 bits per heavy atom.